The average Bonchev–Trinajstić information content (AvgIpc) is 2.62. The molecule has 0 aromatic heterocycles. The first-order chi connectivity index (χ1) is 13.0. The predicted molar refractivity (Wildman–Crippen MR) is 111 cm³/mol. The zero-order valence-electron chi connectivity index (χ0n) is 16.8. The number of halogens is 1. The lowest BCUT2D eigenvalue weighted by Gasteiger charge is -2.40. The molecule has 1 N–H and O–H groups in total. The van der Waals surface area contributed by atoms with Crippen molar-refractivity contribution < 1.29 is 19.4 Å². The maximum atomic E-state index is 13.1. The lowest BCUT2D eigenvalue weighted by atomic mass is 9.81. The number of benzene rings is 2. The molecule has 148 valence electrons. The van der Waals surface area contributed by atoms with Gasteiger partial charge in [-0.1, -0.05) is 24.6 Å². The zero-order chi connectivity index (χ0) is 20.7. The Bertz CT molecular complexity index is 940. The summed E-state index contributed by atoms with van der Waals surface area (Å²) in [6.45, 7) is 8.98. The fourth-order valence-corrected chi connectivity index (χ4v) is 3.62. The van der Waals surface area contributed by atoms with Gasteiger partial charge in [-0.25, -0.2) is 0 Å². The van der Waals surface area contributed by atoms with Crippen LogP contribution in [-0.4, -0.2) is 22.1 Å². The molecule has 1 aliphatic rings. The maximum absolute atomic E-state index is 13.1. The van der Waals surface area contributed by atoms with Gasteiger partial charge in [-0.3, -0.25) is 4.79 Å². The van der Waals surface area contributed by atoms with Crippen LogP contribution in [0.25, 0.3) is 5.57 Å². The lowest BCUT2D eigenvalue weighted by Crippen LogP contribution is -2.49. The van der Waals surface area contributed by atoms with E-state index in [4.69, 9.17) is 21.1 Å². The molecule has 4 nitrogen and oxygen atoms in total. The number of hydrogen-bond donors (Lipinski definition) is 1. The third-order valence-electron chi connectivity index (χ3n) is 4.87. The van der Waals surface area contributed by atoms with Crippen LogP contribution in [0.5, 0.6) is 11.5 Å². The van der Waals surface area contributed by atoms with E-state index in [1.807, 2.05) is 19.1 Å². The highest BCUT2D eigenvalue weighted by Crippen LogP contribution is 2.41. The summed E-state index contributed by atoms with van der Waals surface area (Å²) >= 11 is 5.93. The van der Waals surface area contributed by atoms with Crippen LogP contribution in [0, 0.1) is 0 Å². The molecule has 3 rings (SSSR count). The van der Waals surface area contributed by atoms with Gasteiger partial charge in [0.25, 0.3) is 0 Å². The molecule has 0 atom stereocenters. The molecule has 1 aliphatic heterocycles. The minimum Gasteiger partial charge on any atom is -0.508 e. The van der Waals surface area contributed by atoms with Crippen molar-refractivity contribution in [3.05, 3.63) is 64.4 Å². The number of hydrogen-bond acceptors (Lipinski definition) is 4. The van der Waals surface area contributed by atoms with Crippen molar-refractivity contribution >= 4 is 23.0 Å². The first kappa shape index (κ1) is 20.4. The van der Waals surface area contributed by atoms with E-state index in [-0.39, 0.29) is 11.5 Å². The molecule has 0 saturated carbocycles. The molecule has 0 aliphatic carbocycles. The number of aliphatic hydroxyl groups excluding tert-OH is 1. The Labute approximate surface area is 170 Å². The van der Waals surface area contributed by atoms with Crippen molar-refractivity contribution in [2.75, 3.05) is 0 Å². The standard InChI is InChI=1S/C23H25ClO4/c1-6-14-7-10-17(27-16-11-8-15(24)9-12-16)13-18(14)19-20(25)22(2,3)28-23(4,5)21(19)26/h7-13,25H,6H2,1-5H3. The van der Waals surface area contributed by atoms with Gasteiger partial charge in [0.15, 0.2) is 5.78 Å². The Kier molecular flexibility index (Phi) is 5.30. The largest absolute Gasteiger partial charge is 0.508 e. The molecule has 0 unspecified atom stereocenters. The predicted octanol–water partition coefficient (Wildman–Crippen LogP) is 6.12. The summed E-state index contributed by atoms with van der Waals surface area (Å²) in [6, 6.07) is 12.6. The van der Waals surface area contributed by atoms with E-state index < -0.39 is 11.2 Å². The van der Waals surface area contributed by atoms with E-state index in [0.717, 1.165) is 5.56 Å². The Morgan fingerprint density at radius 2 is 1.61 bits per heavy atom. The van der Waals surface area contributed by atoms with Gasteiger partial charge >= 0.3 is 0 Å². The third kappa shape index (κ3) is 3.80. The molecule has 2 aromatic carbocycles. The van der Waals surface area contributed by atoms with Crippen molar-refractivity contribution in [1.82, 2.24) is 0 Å². The number of ether oxygens (including phenoxy) is 2. The van der Waals surface area contributed by atoms with Gasteiger partial charge in [-0.2, -0.15) is 0 Å². The van der Waals surface area contributed by atoms with Crippen molar-refractivity contribution in [2.45, 2.75) is 52.2 Å². The highest BCUT2D eigenvalue weighted by Gasteiger charge is 2.47. The topological polar surface area (TPSA) is 55.8 Å². The Hall–Kier alpha value is -2.30. The van der Waals surface area contributed by atoms with E-state index in [1.54, 1.807) is 58.0 Å². The van der Waals surface area contributed by atoms with E-state index in [2.05, 4.69) is 0 Å². The number of rotatable bonds is 4. The number of aryl methyl sites for hydroxylation is 1. The molecule has 1 heterocycles. The molecular formula is C23H25ClO4. The van der Waals surface area contributed by atoms with Crippen molar-refractivity contribution in [2.24, 2.45) is 0 Å². The van der Waals surface area contributed by atoms with Crippen LogP contribution in [-0.2, 0) is 16.0 Å². The van der Waals surface area contributed by atoms with Gasteiger partial charge in [0, 0.05) is 5.02 Å². The number of Topliss-reactive ketones (excluding diaryl/α,β-unsaturated/α-hetero) is 1. The smallest absolute Gasteiger partial charge is 0.198 e. The molecule has 0 bridgehead atoms. The normalized spacial score (nSPS) is 18.3. The van der Waals surface area contributed by atoms with Gasteiger partial charge in [-0.05, 0) is 81.6 Å². The molecule has 0 saturated heterocycles. The minimum atomic E-state index is -1.04. The second-order valence-corrected chi connectivity index (χ2v) is 8.34. The third-order valence-corrected chi connectivity index (χ3v) is 5.12. The van der Waals surface area contributed by atoms with Gasteiger partial charge in [0.2, 0.25) is 0 Å². The van der Waals surface area contributed by atoms with Crippen LogP contribution in [0.15, 0.2) is 48.2 Å². The fraction of sp³-hybridized carbons (Fsp3) is 0.348. The molecule has 28 heavy (non-hydrogen) atoms. The van der Waals surface area contributed by atoms with E-state index >= 15 is 0 Å². The average molecular weight is 401 g/mol. The molecule has 0 fully saturated rings. The minimum absolute atomic E-state index is 0.0600. The first-order valence-electron chi connectivity index (χ1n) is 9.30. The number of carbonyl (C=O) groups excluding carboxylic acids is 1. The van der Waals surface area contributed by atoms with E-state index in [0.29, 0.717) is 34.1 Å². The summed E-state index contributed by atoms with van der Waals surface area (Å²) in [5.41, 5.74) is -0.0964. The molecular weight excluding hydrogens is 376 g/mol. The van der Waals surface area contributed by atoms with Crippen molar-refractivity contribution in [3.63, 3.8) is 0 Å². The highest BCUT2D eigenvalue weighted by molar-refractivity contribution is 6.30. The number of carbonyl (C=O) groups is 1. The SMILES string of the molecule is CCc1ccc(Oc2ccc(Cl)cc2)cc1C1=C(O)C(C)(C)OC(C)(C)C1=O. The monoisotopic (exact) mass is 400 g/mol. The van der Waals surface area contributed by atoms with Crippen LogP contribution >= 0.6 is 11.6 Å². The highest BCUT2D eigenvalue weighted by atomic mass is 35.5. The molecule has 0 radical (unpaired) electrons. The van der Waals surface area contributed by atoms with Crippen LogP contribution in [0.4, 0.5) is 0 Å². The summed E-state index contributed by atoms with van der Waals surface area (Å²) in [6.07, 6.45) is 0.711. The van der Waals surface area contributed by atoms with Gasteiger partial charge in [-0.15, -0.1) is 0 Å². The van der Waals surface area contributed by atoms with Gasteiger partial charge in [0.1, 0.15) is 28.5 Å². The first-order valence-corrected chi connectivity index (χ1v) is 9.68. The Morgan fingerprint density at radius 1 is 1.00 bits per heavy atom. The number of ketones is 1. The zero-order valence-corrected chi connectivity index (χ0v) is 17.6. The maximum Gasteiger partial charge on any atom is 0.198 e. The summed E-state index contributed by atoms with van der Waals surface area (Å²) < 4.78 is 11.8. The fourth-order valence-electron chi connectivity index (χ4n) is 3.49. The van der Waals surface area contributed by atoms with E-state index in [9.17, 15) is 9.90 Å². The van der Waals surface area contributed by atoms with Crippen LogP contribution in [0.3, 0.4) is 0 Å². The van der Waals surface area contributed by atoms with Crippen LogP contribution in [0.2, 0.25) is 5.02 Å². The molecule has 5 heteroatoms. The van der Waals surface area contributed by atoms with Crippen LogP contribution in [0.1, 0.15) is 45.7 Å². The lowest BCUT2D eigenvalue weighted by molar-refractivity contribution is -0.158. The van der Waals surface area contributed by atoms with Crippen molar-refractivity contribution in [1.29, 1.82) is 0 Å². The summed E-state index contributed by atoms with van der Waals surface area (Å²) in [5, 5.41) is 11.5. The van der Waals surface area contributed by atoms with Crippen molar-refractivity contribution in [3.8, 4) is 11.5 Å². The Morgan fingerprint density at radius 3 is 2.21 bits per heavy atom. The second kappa shape index (κ2) is 7.26. The van der Waals surface area contributed by atoms with Crippen LogP contribution < -0.4 is 4.74 Å². The molecule has 2 aromatic rings. The second-order valence-electron chi connectivity index (χ2n) is 7.90. The summed E-state index contributed by atoms with van der Waals surface area (Å²) in [4.78, 5) is 13.1. The molecule has 0 amide bonds. The van der Waals surface area contributed by atoms with E-state index in [1.165, 1.54) is 0 Å². The summed E-state index contributed by atoms with van der Waals surface area (Å²) in [5.74, 6) is 0.902. The van der Waals surface area contributed by atoms with Gasteiger partial charge in [0.05, 0.1) is 5.57 Å². The Balaban J connectivity index is 2.11. The molecule has 0 spiro atoms. The quantitative estimate of drug-likeness (QED) is 0.671. The number of aliphatic hydroxyl groups is 1. The van der Waals surface area contributed by atoms with Gasteiger partial charge < -0.3 is 14.6 Å². The summed E-state index contributed by atoms with van der Waals surface area (Å²) in [7, 11) is 0.